The van der Waals surface area contributed by atoms with Crippen LogP contribution in [0.4, 0.5) is 4.79 Å². The molecule has 0 saturated carbocycles. The van der Waals surface area contributed by atoms with E-state index in [2.05, 4.69) is 32.9 Å². The molecule has 2 heterocycles. The molecule has 6 heteroatoms. The first-order valence-corrected chi connectivity index (χ1v) is 7.45. The Morgan fingerprint density at radius 1 is 1.41 bits per heavy atom. The molecule has 2 amide bonds. The Morgan fingerprint density at radius 2 is 2.36 bits per heavy atom. The number of hydrogen-bond donors (Lipinski definition) is 2. The lowest BCUT2D eigenvalue weighted by Gasteiger charge is -2.19. The van der Waals surface area contributed by atoms with Crippen molar-refractivity contribution in [3.05, 3.63) is 54.5 Å². The topological polar surface area (TPSA) is 71.8 Å². The molecule has 2 aromatic heterocycles. The number of amides is 2. The van der Waals surface area contributed by atoms with Crippen molar-refractivity contribution >= 4 is 6.03 Å². The standard InChI is InChI=1S/C16H19N5O.2H2/c22-16(20-14-5-2-1-3-6-14)18-12-13-7-9-17-15(11-13)21-10-4-8-19-21;;/h1-2,4,7-11,14H,3,5-6,12H2,(H2,18,20,22);2*1H/t14-;;/m1../s1. The molecule has 0 spiro atoms. The number of allylic oxidation sites excluding steroid dienone is 1. The molecular weight excluding hydrogens is 278 g/mol. The summed E-state index contributed by atoms with van der Waals surface area (Å²) in [7, 11) is 0. The van der Waals surface area contributed by atoms with E-state index in [9.17, 15) is 4.79 Å². The third kappa shape index (κ3) is 3.72. The van der Waals surface area contributed by atoms with Gasteiger partial charge in [-0.3, -0.25) is 0 Å². The molecule has 0 radical (unpaired) electrons. The van der Waals surface area contributed by atoms with E-state index in [-0.39, 0.29) is 14.9 Å². The number of pyridine rings is 1. The third-order valence-electron chi connectivity index (χ3n) is 3.61. The minimum absolute atomic E-state index is 0. The van der Waals surface area contributed by atoms with Crippen molar-refractivity contribution in [1.82, 2.24) is 25.4 Å². The van der Waals surface area contributed by atoms with Crippen LogP contribution >= 0.6 is 0 Å². The zero-order valence-electron chi connectivity index (χ0n) is 12.3. The molecule has 0 bridgehead atoms. The lowest BCUT2D eigenvalue weighted by molar-refractivity contribution is 0.235. The van der Waals surface area contributed by atoms with Crippen LogP contribution in [0.5, 0.6) is 0 Å². The number of nitrogens with zero attached hydrogens (tertiary/aromatic N) is 3. The van der Waals surface area contributed by atoms with Crippen molar-refractivity contribution in [3.63, 3.8) is 0 Å². The fourth-order valence-electron chi connectivity index (χ4n) is 2.44. The van der Waals surface area contributed by atoms with Crippen molar-refractivity contribution in [2.24, 2.45) is 0 Å². The quantitative estimate of drug-likeness (QED) is 0.853. The average molecular weight is 301 g/mol. The first-order chi connectivity index (χ1) is 10.8. The second-order valence-electron chi connectivity index (χ2n) is 5.28. The molecule has 2 aromatic rings. The molecule has 1 atom stereocenters. The van der Waals surface area contributed by atoms with E-state index in [0.717, 1.165) is 30.6 Å². The van der Waals surface area contributed by atoms with Gasteiger partial charge in [0.15, 0.2) is 5.82 Å². The van der Waals surface area contributed by atoms with Gasteiger partial charge in [-0.05, 0) is 43.0 Å². The van der Waals surface area contributed by atoms with Gasteiger partial charge in [0, 0.05) is 34.0 Å². The van der Waals surface area contributed by atoms with Gasteiger partial charge in [-0.25, -0.2) is 14.5 Å². The maximum Gasteiger partial charge on any atom is 0.315 e. The number of nitrogens with one attached hydrogen (secondary N) is 2. The number of hydrogen-bond acceptors (Lipinski definition) is 3. The van der Waals surface area contributed by atoms with Crippen LogP contribution in [0.3, 0.4) is 0 Å². The van der Waals surface area contributed by atoms with Gasteiger partial charge < -0.3 is 10.6 Å². The number of carbonyl (C=O) groups is 1. The summed E-state index contributed by atoms with van der Waals surface area (Å²) in [5.74, 6) is 0.738. The molecule has 0 aliphatic heterocycles. The molecule has 0 fully saturated rings. The van der Waals surface area contributed by atoms with Gasteiger partial charge >= 0.3 is 6.03 Å². The molecular formula is C16H23N5O. The summed E-state index contributed by atoms with van der Waals surface area (Å²) in [6.07, 6.45) is 12.5. The highest BCUT2D eigenvalue weighted by atomic mass is 16.2. The SMILES string of the molecule is O=C(NCc1ccnc(-n2cccn2)c1)N[C@@H]1CC=CCC1.[HH].[HH]. The third-order valence-corrected chi connectivity index (χ3v) is 3.61. The predicted molar refractivity (Wildman–Crippen MR) is 87.7 cm³/mol. The first kappa shape index (κ1) is 14.3. The van der Waals surface area contributed by atoms with Crippen LogP contribution in [-0.4, -0.2) is 26.8 Å². The fourth-order valence-corrected chi connectivity index (χ4v) is 2.44. The maximum atomic E-state index is 11.9. The average Bonchev–Trinajstić information content (AvgIpc) is 3.09. The molecule has 22 heavy (non-hydrogen) atoms. The summed E-state index contributed by atoms with van der Waals surface area (Å²) < 4.78 is 1.69. The van der Waals surface area contributed by atoms with Crippen molar-refractivity contribution < 1.29 is 7.65 Å². The van der Waals surface area contributed by atoms with Crippen LogP contribution in [0.2, 0.25) is 0 Å². The highest BCUT2D eigenvalue weighted by Crippen LogP contribution is 2.10. The molecule has 118 valence electrons. The van der Waals surface area contributed by atoms with Gasteiger partial charge in [-0.1, -0.05) is 12.2 Å². The van der Waals surface area contributed by atoms with Gasteiger partial charge in [0.25, 0.3) is 0 Å². The zero-order chi connectivity index (χ0) is 15.2. The molecule has 3 rings (SSSR count). The second-order valence-corrected chi connectivity index (χ2v) is 5.28. The maximum absolute atomic E-state index is 11.9. The Balaban J connectivity index is 0.00000144. The van der Waals surface area contributed by atoms with E-state index in [1.165, 1.54) is 0 Å². The summed E-state index contributed by atoms with van der Waals surface area (Å²) in [4.78, 5) is 16.2. The van der Waals surface area contributed by atoms with Gasteiger partial charge in [0.2, 0.25) is 0 Å². The summed E-state index contributed by atoms with van der Waals surface area (Å²) in [5, 5.41) is 10.0. The highest BCUT2D eigenvalue weighted by Gasteiger charge is 2.12. The van der Waals surface area contributed by atoms with Crippen LogP contribution in [0.1, 0.15) is 27.7 Å². The van der Waals surface area contributed by atoms with Crippen molar-refractivity contribution in [2.45, 2.75) is 31.8 Å². The van der Waals surface area contributed by atoms with Crippen LogP contribution in [0, 0.1) is 0 Å². The Bertz CT molecular complexity index is 660. The second kappa shape index (κ2) is 6.89. The first-order valence-electron chi connectivity index (χ1n) is 7.45. The lowest BCUT2D eigenvalue weighted by Crippen LogP contribution is -2.42. The monoisotopic (exact) mass is 301 g/mol. The van der Waals surface area contributed by atoms with Crippen LogP contribution in [0.25, 0.3) is 5.82 Å². The van der Waals surface area contributed by atoms with Gasteiger partial charge in [0.1, 0.15) is 0 Å². The van der Waals surface area contributed by atoms with E-state index < -0.39 is 0 Å². The zero-order valence-corrected chi connectivity index (χ0v) is 12.3. The predicted octanol–water partition coefficient (Wildman–Crippen LogP) is 2.67. The summed E-state index contributed by atoms with van der Waals surface area (Å²) in [5.41, 5.74) is 0.985. The number of aromatic nitrogens is 3. The summed E-state index contributed by atoms with van der Waals surface area (Å²) in [6.45, 7) is 0.463. The minimum Gasteiger partial charge on any atom is -0.335 e. The largest absolute Gasteiger partial charge is 0.335 e. The number of urea groups is 1. The lowest BCUT2D eigenvalue weighted by atomic mass is 10.0. The van der Waals surface area contributed by atoms with E-state index in [1.54, 1.807) is 17.1 Å². The van der Waals surface area contributed by atoms with E-state index in [4.69, 9.17) is 0 Å². The van der Waals surface area contributed by atoms with Crippen molar-refractivity contribution in [2.75, 3.05) is 0 Å². The molecule has 6 nitrogen and oxygen atoms in total. The van der Waals surface area contributed by atoms with E-state index in [0.29, 0.717) is 6.54 Å². The molecule has 2 N–H and O–H groups in total. The molecule has 0 aromatic carbocycles. The molecule has 1 aliphatic carbocycles. The summed E-state index contributed by atoms with van der Waals surface area (Å²) >= 11 is 0. The number of carbonyl (C=O) groups excluding carboxylic acids is 1. The Labute approximate surface area is 132 Å². The highest BCUT2D eigenvalue weighted by molar-refractivity contribution is 5.74. The van der Waals surface area contributed by atoms with E-state index >= 15 is 0 Å². The Morgan fingerprint density at radius 3 is 3.14 bits per heavy atom. The van der Waals surface area contributed by atoms with Crippen molar-refractivity contribution in [3.8, 4) is 5.82 Å². The van der Waals surface area contributed by atoms with Crippen molar-refractivity contribution in [1.29, 1.82) is 0 Å². The number of rotatable bonds is 4. The van der Waals surface area contributed by atoms with Gasteiger partial charge in [-0.2, -0.15) is 5.10 Å². The molecule has 1 aliphatic rings. The Kier molecular flexibility index (Phi) is 4.48. The van der Waals surface area contributed by atoms with E-state index in [1.807, 2.05) is 24.4 Å². The Hall–Kier alpha value is -2.63. The molecule has 0 unspecified atom stereocenters. The van der Waals surface area contributed by atoms with Crippen LogP contribution in [0.15, 0.2) is 48.9 Å². The smallest absolute Gasteiger partial charge is 0.315 e. The van der Waals surface area contributed by atoms with Gasteiger partial charge in [0.05, 0.1) is 0 Å². The van der Waals surface area contributed by atoms with Crippen LogP contribution in [-0.2, 0) is 6.54 Å². The molecule has 0 saturated heterocycles. The fraction of sp³-hybridized carbons (Fsp3) is 0.312. The normalized spacial score (nSPS) is 17.2. The van der Waals surface area contributed by atoms with Crippen LogP contribution < -0.4 is 10.6 Å². The minimum atomic E-state index is -0.127. The van der Waals surface area contributed by atoms with Gasteiger partial charge in [-0.15, -0.1) is 0 Å². The summed E-state index contributed by atoms with van der Waals surface area (Å²) in [6, 6.07) is 5.76.